The van der Waals surface area contributed by atoms with Crippen molar-refractivity contribution in [2.24, 2.45) is 11.7 Å². The summed E-state index contributed by atoms with van der Waals surface area (Å²) in [5.74, 6) is -1.57. The Balaban J connectivity index is 1.92. The molecule has 104 valence electrons. The molecule has 0 aromatic rings. The zero-order valence-corrected chi connectivity index (χ0v) is 10.0. The van der Waals surface area contributed by atoms with E-state index in [-0.39, 0.29) is 38.4 Å². The smallest absolute Gasteiger partial charge is 0.379 e. The number of hydrogen-bond acceptors (Lipinski definition) is 3. The molecule has 1 amide bonds. The Bertz CT molecular complexity index is 319. The predicted octanol–water partition coefficient (Wildman–Crippen LogP) is 0.905. The number of hydrogen-bond donors (Lipinski definition) is 1. The number of likely N-dealkylation sites (tertiary alicyclic amines) is 1. The first-order chi connectivity index (χ1) is 8.33. The number of alkyl halides is 3. The van der Waals surface area contributed by atoms with Gasteiger partial charge >= 0.3 is 6.18 Å². The fourth-order valence-electron chi connectivity index (χ4n) is 2.47. The van der Waals surface area contributed by atoms with Gasteiger partial charge < -0.3 is 15.4 Å². The molecular weight excluding hydrogens is 249 g/mol. The molecule has 2 heterocycles. The van der Waals surface area contributed by atoms with E-state index in [1.807, 2.05) is 0 Å². The molecule has 0 aliphatic carbocycles. The molecule has 7 heteroatoms. The molecule has 2 rings (SSSR count). The van der Waals surface area contributed by atoms with E-state index in [2.05, 4.69) is 0 Å². The lowest BCUT2D eigenvalue weighted by molar-refractivity contribution is -0.187. The van der Waals surface area contributed by atoms with Crippen molar-refractivity contribution in [2.75, 3.05) is 26.3 Å². The molecule has 0 spiro atoms. The Morgan fingerprint density at radius 2 is 1.94 bits per heavy atom. The quantitative estimate of drug-likeness (QED) is 0.767. The minimum Gasteiger partial charge on any atom is -0.379 e. The molecule has 2 aliphatic heterocycles. The SMILES string of the molecule is NC1(C(=O)N2CCC(C(F)(F)F)CC2)CCOC1. The van der Waals surface area contributed by atoms with E-state index in [9.17, 15) is 18.0 Å². The second-order valence-electron chi connectivity index (χ2n) is 5.07. The molecule has 0 aromatic heterocycles. The number of carbonyl (C=O) groups is 1. The Morgan fingerprint density at radius 3 is 2.39 bits per heavy atom. The van der Waals surface area contributed by atoms with Gasteiger partial charge in [0.25, 0.3) is 0 Å². The maximum absolute atomic E-state index is 12.5. The van der Waals surface area contributed by atoms with Crippen LogP contribution in [0, 0.1) is 5.92 Å². The van der Waals surface area contributed by atoms with Gasteiger partial charge in [0.1, 0.15) is 5.54 Å². The third-order valence-electron chi connectivity index (χ3n) is 3.72. The molecule has 2 aliphatic rings. The summed E-state index contributed by atoms with van der Waals surface area (Å²) >= 11 is 0. The normalized spacial score (nSPS) is 30.8. The van der Waals surface area contributed by atoms with E-state index in [0.717, 1.165) is 0 Å². The number of ether oxygens (including phenoxy) is 1. The first-order valence-electron chi connectivity index (χ1n) is 6.06. The average molecular weight is 266 g/mol. The zero-order valence-electron chi connectivity index (χ0n) is 10.0. The van der Waals surface area contributed by atoms with Crippen LogP contribution in [0.2, 0.25) is 0 Å². The van der Waals surface area contributed by atoms with Gasteiger partial charge in [0.05, 0.1) is 12.5 Å². The maximum atomic E-state index is 12.5. The Kier molecular flexibility index (Phi) is 3.55. The van der Waals surface area contributed by atoms with Crippen molar-refractivity contribution in [1.82, 2.24) is 4.90 Å². The lowest BCUT2D eigenvalue weighted by Gasteiger charge is -2.36. The van der Waals surface area contributed by atoms with Crippen molar-refractivity contribution in [3.05, 3.63) is 0 Å². The maximum Gasteiger partial charge on any atom is 0.391 e. The molecule has 2 N–H and O–H groups in total. The molecule has 0 radical (unpaired) electrons. The van der Waals surface area contributed by atoms with Gasteiger partial charge in [0.2, 0.25) is 5.91 Å². The van der Waals surface area contributed by atoms with Gasteiger partial charge in [-0.15, -0.1) is 0 Å². The molecular formula is C11H17F3N2O2. The van der Waals surface area contributed by atoms with E-state index in [1.54, 1.807) is 0 Å². The minimum atomic E-state index is -4.16. The summed E-state index contributed by atoms with van der Waals surface area (Å²) in [5, 5.41) is 0. The molecule has 18 heavy (non-hydrogen) atoms. The highest BCUT2D eigenvalue weighted by Gasteiger charge is 2.45. The number of carbonyl (C=O) groups excluding carboxylic acids is 1. The predicted molar refractivity (Wildman–Crippen MR) is 57.7 cm³/mol. The zero-order chi connectivity index (χ0) is 13.4. The van der Waals surface area contributed by atoms with Gasteiger partial charge in [0.15, 0.2) is 0 Å². The van der Waals surface area contributed by atoms with Crippen molar-refractivity contribution in [3.63, 3.8) is 0 Å². The van der Waals surface area contributed by atoms with Gasteiger partial charge in [0, 0.05) is 19.7 Å². The third-order valence-corrected chi connectivity index (χ3v) is 3.72. The van der Waals surface area contributed by atoms with Gasteiger partial charge in [-0.05, 0) is 19.3 Å². The highest BCUT2D eigenvalue weighted by molar-refractivity contribution is 5.86. The third kappa shape index (κ3) is 2.61. The topological polar surface area (TPSA) is 55.6 Å². The van der Waals surface area contributed by atoms with Crippen molar-refractivity contribution in [3.8, 4) is 0 Å². The second kappa shape index (κ2) is 4.70. The van der Waals surface area contributed by atoms with E-state index in [0.29, 0.717) is 13.0 Å². The average Bonchev–Trinajstić information content (AvgIpc) is 2.75. The van der Waals surface area contributed by atoms with Crippen molar-refractivity contribution in [2.45, 2.75) is 31.0 Å². The summed E-state index contributed by atoms with van der Waals surface area (Å²) in [5.41, 5.74) is 4.88. The number of amides is 1. The monoisotopic (exact) mass is 266 g/mol. The Morgan fingerprint density at radius 1 is 1.33 bits per heavy atom. The molecule has 2 fully saturated rings. The van der Waals surface area contributed by atoms with Crippen LogP contribution in [0.3, 0.4) is 0 Å². The first-order valence-corrected chi connectivity index (χ1v) is 6.06. The lowest BCUT2D eigenvalue weighted by Crippen LogP contribution is -2.57. The number of nitrogens with zero attached hydrogens (tertiary/aromatic N) is 1. The summed E-state index contributed by atoms with van der Waals surface area (Å²) in [6.45, 7) is 0.843. The molecule has 0 aromatic carbocycles. The fraction of sp³-hybridized carbons (Fsp3) is 0.909. The molecule has 0 saturated carbocycles. The van der Waals surface area contributed by atoms with Crippen LogP contribution >= 0.6 is 0 Å². The standard InChI is InChI=1S/C11H17F3N2O2/c12-11(13,14)8-1-4-16(5-2-8)9(17)10(15)3-6-18-7-10/h8H,1-7,15H2. The summed E-state index contributed by atoms with van der Waals surface area (Å²) < 4.78 is 42.6. The van der Waals surface area contributed by atoms with Crippen LogP contribution in [-0.2, 0) is 9.53 Å². The Hall–Kier alpha value is -0.820. The van der Waals surface area contributed by atoms with E-state index in [4.69, 9.17) is 10.5 Å². The molecule has 1 atom stereocenters. The molecule has 0 bridgehead atoms. The van der Waals surface area contributed by atoms with Crippen molar-refractivity contribution < 1.29 is 22.7 Å². The number of piperidine rings is 1. The van der Waals surface area contributed by atoms with Crippen LogP contribution in [0.15, 0.2) is 0 Å². The van der Waals surface area contributed by atoms with Crippen LogP contribution < -0.4 is 5.73 Å². The van der Waals surface area contributed by atoms with Gasteiger partial charge in [-0.2, -0.15) is 13.2 Å². The van der Waals surface area contributed by atoms with Crippen LogP contribution in [0.1, 0.15) is 19.3 Å². The van der Waals surface area contributed by atoms with Crippen molar-refractivity contribution >= 4 is 5.91 Å². The van der Waals surface area contributed by atoms with Gasteiger partial charge in [-0.3, -0.25) is 4.79 Å². The van der Waals surface area contributed by atoms with Crippen LogP contribution in [-0.4, -0.2) is 48.8 Å². The van der Waals surface area contributed by atoms with Gasteiger partial charge in [-0.25, -0.2) is 0 Å². The summed E-state index contributed by atoms with van der Waals surface area (Å²) in [4.78, 5) is 13.6. The van der Waals surface area contributed by atoms with Crippen LogP contribution in [0.4, 0.5) is 13.2 Å². The largest absolute Gasteiger partial charge is 0.391 e. The first kappa shape index (κ1) is 13.6. The summed E-state index contributed by atoms with van der Waals surface area (Å²) in [7, 11) is 0. The van der Waals surface area contributed by atoms with Gasteiger partial charge in [-0.1, -0.05) is 0 Å². The fourth-order valence-corrected chi connectivity index (χ4v) is 2.47. The molecule has 1 unspecified atom stereocenters. The van der Waals surface area contributed by atoms with Crippen LogP contribution in [0.25, 0.3) is 0 Å². The van der Waals surface area contributed by atoms with Crippen LogP contribution in [0.5, 0.6) is 0 Å². The Labute approximate surface area is 103 Å². The van der Waals surface area contributed by atoms with E-state index < -0.39 is 17.6 Å². The number of nitrogens with two attached hydrogens (primary N) is 1. The number of rotatable bonds is 1. The van der Waals surface area contributed by atoms with E-state index in [1.165, 1.54) is 4.90 Å². The highest BCUT2D eigenvalue weighted by atomic mass is 19.4. The number of halogens is 3. The molecule has 2 saturated heterocycles. The van der Waals surface area contributed by atoms with E-state index >= 15 is 0 Å². The minimum absolute atomic E-state index is 0.0355. The highest BCUT2D eigenvalue weighted by Crippen LogP contribution is 2.34. The summed E-state index contributed by atoms with van der Waals surface area (Å²) in [6.07, 6.45) is -3.80. The lowest BCUT2D eigenvalue weighted by atomic mass is 9.92. The molecule has 4 nitrogen and oxygen atoms in total. The second-order valence-corrected chi connectivity index (χ2v) is 5.07. The summed E-state index contributed by atoms with van der Waals surface area (Å²) in [6, 6.07) is 0. The van der Waals surface area contributed by atoms with Crippen molar-refractivity contribution in [1.29, 1.82) is 0 Å².